The smallest absolute Gasteiger partial charge is 0.243 e. The molecule has 0 spiro atoms. The molecule has 0 saturated heterocycles. The van der Waals surface area contributed by atoms with Gasteiger partial charge in [-0.05, 0) is 40.5 Å². The Balaban J connectivity index is 1.85. The lowest BCUT2D eigenvalue weighted by molar-refractivity contribution is -0.530. The lowest BCUT2D eigenvalue weighted by atomic mass is 9.78. The topological polar surface area (TPSA) is 55.2 Å². The molecule has 3 atom stereocenters. The molecule has 25 heavy (non-hydrogen) atoms. The van der Waals surface area contributed by atoms with Crippen molar-refractivity contribution in [1.82, 2.24) is 0 Å². The Kier molecular flexibility index (Phi) is 3.88. The fraction of sp³-hybridized carbons (Fsp3) is 0.238. The van der Waals surface area contributed by atoms with Gasteiger partial charge in [0.1, 0.15) is 6.04 Å². The van der Waals surface area contributed by atoms with Crippen LogP contribution in [-0.2, 0) is 0 Å². The molecule has 0 amide bonds. The lowest BCUT2D eigenvalue weighted by Gasteiger charge is -2.35. The Morgan fingerprint density at radius 2 is 1.72 bits per heavy atom. The monoisotopic (exact) mass is 332 g/mol. The van der Waals surface area contributed by atoms with Crippen LogP contribution in [0.4, 0.5) is 5.69 Å². The van der Waals surface area contributed by atoms with E-state index in [9.17, 15) is 10.1 Å². The molecule has 4 rings (SSSR count). The van der Waals surface area contributed by atoms with Crippen molar-refractivity contribution in [2.45, 2.75) is 31.3 Å². The van der Waals surface area contributed by atoms with Crippen molar-refractivity contribution < 1.29 is 4.92 Å². The first-order valence-corrected chi connectivity index (χ1v) is 8.66. The van der Waals surface area contributed by atoms with Crippen LogP contribution in [0.2, 0.25) is 0 Å². The molecule has 0 aromatic heterocycles. The number of anilines is 1. The van der Waals surface area contributed by atoms with E-state index in [1.165, 1.54) is 0 Å². The molecule has 4 nitrogen and oxygen atoms in total. The summed E-state index contributed by atoms with van der Waals surface area (Å²) in [6.07, 6.45) is 0.744. The number of nitro groups is 1. The quantitative estimate of drug-likeness (QED) is 0.533. The van der Waals surface area contributed by atoms with E-state index >= 15 is 0 Å². The Morgan fingerprint density at radius 1 is 1.00 bits per heavy atom. The fourth-order valence-corrected chi connectivity index (χ4v) is 4.03. The van der Waals surface area contributed by atoms with E-state index in [2.05, 4.69) is 17.4 Å². The van der Waals surface area contributed by atoms with E-state index in [0.29, 0.717) is 0 Å². The molecule has 0 radical (unpaired) electrons. The van der Waals surface area contributed by atoms with Crippen LogP contribution < -0.4 is 5.32 Å². The predicted octanol–water partition coefficient (Wildman–Crippen LogP) is 5.15. The van der Waals surface area contributed by atoms with E-state index in [4.69, 9.17) is 0 Å². The van der Waals surface area contributed by atoms with Gasteiger partial charge in [0.25, 0.3) is 0 Å². The number of rotatable bonds is 3. The van der Waals surface area contributed by atoms with Crippen molar-refractivity contribution in [3.05, 3.63) is 88.0 Å². The minimum atomic E-state index is -0.680. The van der Waals surface area contributed by atoms with Gasteiger partial charge in [-0.15, -0.1) is 0 Å². The standard InChI is InChI=1S/C21H20N2O2/c1-2-17-18-9-5-6-10-19(18)22-20(21(17)23(24)25)16-12-11-14-7-3-4-8-15(14)13-16/h3-13,17,20-22H,2H2,1H3/t17-,20-,21-/m1/s1. The van der Waals surface area contributed by atoms with Gasteiger partial charge in [-0.3, -0.25) is 10.1 Å². The van der Waals surface area contributed by atoms with Gasteiger partial charge in [-0.25, -0.2) is 0 Å². The number of nitrogens with zero attached hydrogens (tertiary/aromatic N) is 1. The second kappa shape index (κ2) is 6.20. The highest BCUT2D eigenvalue weighted by atomic mass is 16.6. The number of para-hydroxylation sites is 1. The van der Waals surface area contributed by atoms with Crippen LogP contribution in [0.1, 0.15) is 36.4 Å². The van der Waals surface area contributed by atoms with Gasteiger partial charge in [0, 0.05) is 10.6 Å². The Morgan fingerprint density at radius 3 is 2.48 bits per heavy atom. The summed E-state index contributed by atoms with van der Waals surface area (Å²) in [6.45, 7) is 2.03. The molecule has 0 unspecified atom stereocenters. The van der Waals surface area contributed by atoms with Gasteiger partial charge in [0.05, 0.1) is 5.92 Å². The van der Waals surface area contributed by atoms with E-state index in [0.717, 1.165) is 34.0 Å². The first-order valence-electron chi connectivity index (χ1n) is 8.66. The second-order valence-corrected chi connectivity index (χ2v) is 6.61. The van der Waals surface area contributed by atoms with Crippen LogP contribution in [0.5, 0.6) is 0 Å². The summed E-state index contributed by atoms with van der Waals surface area (Å²) in [5, 5.41) is 17.6. The second-order valence-electron chi connectivity index (χ2n) is 6.61. The number of benzene rings is 3. The number of fused-ring (bicyclic) bond motifs is 2. The summed E-state index contributed by atoms with van der Waals surface area (Å²) < 4.78 is 0. The lowest BCUT2D eigenvalue weighted by Crippen LogP contribution is -2.41. The van der Waals surface area contributed by atoms with E-state index in [-0.39, 0.29) is 16.9 Å². The zero-order valence-corrected chi connectivity index (χ0v) is 14.1. The van der Waals surface area contributed by atoms with Crippen LogP contribution in [0, 0.1) is 10.1 Å². The average Bonchev–Trinajstić information content (AvgIpc) is 2.65. The Bertz CT molecular complexity index is 938. The van der Waals surface area contributed by atoms with Crippen molar-refractivity contribution in [3.8, 4) is 0 Å². The molecule has 1 heterocycles. The molecule has 0 fully saturated rings. The maximum atomic E-state index is 11.9. The van der Waals surface area contributed by atoms with Gasteiger partial charge in [-0.1, -0.05) is 61.5 Å². The van der Waals surface area contributed by atoms with E-state index in [1.54, 1.807) is 0 Å². The predicted molar refractivity (Wildman–Crippen MR) is 101 cm³/mol. The SMILES string of the molecule is CC[C@@H]1c2ccccc2N[C@H](c2ccc3ccccc3c2)[C@@H]1[N+](=O)[O-]. The van der Waals surface area contributed by atoms with Crippen molar-refractivity contribution in [2.24, 2.45) is 0 Å². The molecule has 4 heteroatoms. The molecular weight excluding hydrogens is 312 g/mol. The van der Waals surface area contributed by atoms with Gasteiger partial charge in [0.15, 0.2) is 0 Å². The molecular formula is C21H20N2O2. The molecule has 0 aliphatic carbocycles. The van der Waals surface area contributed by atoms with Crippen molar-refractivity contribution in [3.63, 3.8) is 0 Å². The highest BCUT2D eigenvalue weighted by Crippen LogP contribution is 2.43. The van der Waals surface area contributed by atoms with E-state index in [1.807, 2.05) is 61.5 Å². The molecule has 1 aliphatic rings. The highest BCUT2D eigenvalue weighted by molar-refractivity contribution is 5.83. The van der Waals surface area contributed by atoms with Crippen molar-refractivity contribution >= 4 is 16.5 Å². The van der Waals surface area contributed by atoms with Gasteiger partial charge in [-0.2, -0.15) is 0 Å². The number of nitrogens with one attached hydrogen (secondary N) is 1. The average molecular weight is 332 g/mol. The highest BCUT2D eigenvalue weighted by Gasteiger charge is 2.44. The van der Waals surface area contributed by atoms with Crippen LogP contribution in [0.25, 0.3) is 10.8 Å². The minimum Gasteiger partial charge on any atom is -0.372 e. The molecule has 1 aliphatic heterocycles. The van der Waals surface area contributed by atoms with Crippen LogP contribution >= 0.6 is 0 Å². The van der Waals surface area contributed by atoms with Crippen LogP contribution in [-0.4, -0.2) is 11.0 Å². The summed E-state index contributed by atoms with van der Waals surface area (Å²) >= 11 is 0. The molecule has 0 saturated carbocycles. The first kappa shape index (κ1) is 15.6. The summed E-state index contributed by atoms with van der Waals surface area (Å²) in [7, 11) is 0. The molecule has 1 N–H and O–H groups in total. The zero-order chi connectivity index (χ0) is 17.4. The number of hydrogen-bond donors (Lipinski definition) is 1. The maximum Gasteiger partial charge on any atom is 0.243 e. The Labute approximate surface area is 146 Å². The molecule has 0 bridgehead atoms. The van der Waals surface area contributed by atoms with Gasteiger partial charge in [0.2, 0.25) is 6.04 Å². The third kappa shape index (κ3) is 2.64. The third-order valence-corrected chi connectivity index (χ3v) is 5.24. The van der Waals surface area contributed by atoms with E-state index < -0.39 is 6.04 Å². The summed E-state index contributed by atoms with van der Waals surface area (Å²) in [5.74, 6) is -0.0936. The summed E-state index contributed by atoms with van der Waals surface area (Å²) in [6, 6.07) is 21.2. The zero-order valence-electron chi connectivity index (χ0n) is 14.1. The summed E-state index contributed by atoms with van der Waals surface area (Å²) in [5.41, 5.74) is 3.02. The maximum absolute atomic E-state index is 11.9. The third-order valence-electron chi connectivity index (χ3n) is 5.24. The van der Waals surface area contributed by atoms with Gasteiger partial charge < -0.3 is 5.32 Å². The fourth-order valence-electron chi connectivity index (χ4n) is 4.03. The Hall–Kier alpha value is -2.88. The molecule has 3 aromatic rings. The minimum absolute atomic E-state index is 0.0936. The molecule has 126 valence electrons. The largest absolute Gasteiger partial charge is 0.372 e. The van der Waals surface area contributed by atoms with Crippen molar-refractivity contribution in [2.75, 3.05) is 5.32 Å². The van der Waals surface area contributed by atoms with Gasteiger partial charge >= 0.3 is 0 Å². The first-order chi connectivity index (χ1) is 12.2. The van der Waals surface area contributed by atoms with Crippen molar-refractivity contribution in [1.29, 1.82) is 0 Å². The molecule has 3 aromatic carbocycles. The summed E-state index contributed by atoms with van der Waals surface area (Å²) in [4.78, 5) is 11.8. The van der Waals surface area contributed by atoms with Crippen LogP contribution in [0.3, 0.4) is 0 Å². The normalized spacial score (nSPS) is 22.2. The van der Waals surface area contributed by atoms with Crippen LogP contribution in [0.15, 0.2) is 66.7 Å². The number of hydrogen-bond acceptors (Lipinski definition) is 3.